The van der Waals surface area contributed by atoms with Crippen molar-refractivity contribution in [2.45, 2.75) is 19.9 Å². The first kappa shape index (κ1) is 23.0. The summed E-state index contributed by atoms with van der Waals surface area (Å²) in [4.78, 5) is 18.5. The molecule has 0 heterocycles. The highest BCUT2D eigenvalue weighted by molar-refractivity contribution is 14.0. The Morgan fingerprint density at radius 1 is 0.963 bits per heavy atom. The standard InChI is InChI=1S/C21H28N4O.HI/c1-3-25(17-19-12-8-5-9-13-19)20(26)16-24-21(22-2)23-15-14-18-10-6-4-7-11-18;/h4-13H,3,14-17H2,1-2H3,(H2,22,23,24);1H. The molecule has 27 heavy (non-hydrogen) atoms. The summed E-state index contributed by atoms with van der Waals surface area (Å²) >= 11 is 0. The van der Waals surface area contributed by atoms with Crippen LogP contribution in [0.25, 0.3) is 0 Å². The van der Waals surface area contributed by atoms with Crippen LogP contribution in [0.2, 0.25) is 0 Å². The maximum absolute atomic E-state index is 12.5. The van der Waals surface area contributed by atoms with E-state index < -0.39 is 0 Å². The van der Waals surface area contributed by atoms with Crippen molar-refractivity contribution in [3.8, 4) is 0 Å². The molecule has 0 bridgehead atoms. The highest BCUT2D eigenvalue weighted by Crippen LogP contribution is 2.04. The molecule has 0 radical (unpaired) electrons. The van der Waals surface area contributed by atoms with Gasteiger partial charge in [0.25, 0.3) is 0 Å². The van der Waals surface area contributed by atoms with E-state index in [0.717, 1.165) is 18.5 Å². The fourth-order valence-electron chi connectivity index (χ4n) is 2.64. The van der Waals surface area contributed by atoms with Crippen LogP contribution in [0.3, 0.4) is 0 Å². The van der Waals surface area contributed by atoms with Crippen LogP contribution < -0.4 is 10.6 Å². The third kappa shape index (κ3) is 8.43. The monoisotopic (exact) mass is 480 g/mol. The first-order valence-corrected chi connectivity index (χ1v) is 9.03. The topological polar surface area (TPSA) is 56.7 Å². The van der Waals surface area contributed by atoms with Crippen molar-refractivity contribution < 1.29 is 4.79 Å². The molecular formula is C21H29IN4O. The minimum absolute atomic E-state index is 0. The van der Waals surface area contributed by atoms with Crippen molar-refractivity contribution in [2.75, 3.05) is 26.7 Å². The zero-order valence-corrected chi connectivity index (χ0v) is 18.4. The van der Waals surface area contributed by atoms with Gasteiger partial charge in [-0.15, -0.1) is 24.0 Å². The lowest BCUT2D eigenvalue weighted by molar-refractivity contribution is -0.130. The lowest BCUT2D eigenvalue weighted by Gasteiger charge is -2.22. The van der Waals surface area contributed by atoms with E-state index in [1.807, 2.05) is 60.4 Å². The maximum Gasteiger partial charge on any atom is 0.242 e. The molecule has 5 nitrogen and oxygen atoms in total. The molecule has 2 aromatic rings. The van der Waals surface area contributed by atoms with E-state index in [1.165, 1.54) is 5.56 Å². The van der Waals surface area contributed by atoms with Gasteiger partial charge < -0.3 is 15.5 Å². The zero-order valence-electron chi connectivity index (χ0n) is 16.0. The predicted molar refractivity (Wildman–Crippen MR) is 122 cm³/mol. The fourth-order valence-corrected chi connectivity index (χ4v) is 2.64. The predicted octanol–water partition coefficient (Wildman–Crippen LogP) is 3.06. The summed E-state index contributed by atoms with van der Waals surface area (Å²) in [6, 6.07) is 20.3. The van der Waals surface area contributed by atoms with Crippen LogP contribution >= 0.6 is 24.0 Å². The Kier molecular flexibility index (Phi) is 11.2. The Bertz CT molecular complexity index is 692. The van der Waals surface area contributed by atoms with E-state index in [1.54, 1.807) is 7.05 Å². The molecular weight excluding hydrogens is 451 g/mol. The maximum atomic E-state index is 12.5. The summed E-state index contributed by atoms with van der Waals surface area (Å²) in [5, 5.41) is 6.35. The average Bonchev–Trinajstić information content (AvgIpc) is 2.70. The van der Waals surface area contributed by atoms with Crippen molar-refractivity contribution in [1.29, 1.82) is 0 Å². The quantitative estimate of drug-likeness (QED) is 0.347. The van der Waals surface area contributed by atoms with Crippen LogP contribution in [-0.2, 0) is 17.8 Å². The molecule has 0 fully saturated rings. The van der Waals surface area contributed by atoms with Crippen LogP contribution in [0.15, 0.2) is 65.7 Å². The van der Waals surface area contributed by atoms with Gasteiger partial charge in [0.05, 0.1) is 6.54 Å². The van der Waals surface area contributed by atoms with Crippen LogP contribution in [0.1, 0.15) is 18.1 Å². The second-order valence-corrected chi connectivity index (χ2v) is 5.98. The normalized spacial score (nSPS) is 10.7. The number of hydrogen-bond acceptors (Lipinski definition) is 2. The van der Waals surface area contributed by atoms with Crippen molar-refractivity contribution in [1.82, 2.24) is 15.5 Å². The Balaban J connectivity index is 0.00000364. The van der Waals surface area contributed by atoms with Gasteiger partial charge in [-0.25, -0.2) is 0 Å². The number of guanidine groups is 1. The number of rotatable bonds is 8. The number of likely N-dealkylation sites (N-methyl/N-ethyl adjacent to an activating group) is 1. The van der Waals surface area contributed by atoms with E-state index in [4.69, 9.17) is 0 Å². The summed E-state index contributed by atoms with van der Waals surface area (Å²) < 4.78 is 0. The number of amides is 1. The molecule has 2 rings (SSSR count). The van der Waals surface area contributed by atoms with Crippen LogP contribution in [-0.4, -0.2) is 43.4 Å². The van der Waals surface area contributed by atoms with Gasteiger partial charge in [0.2, 0.25) is 5.91 Å². The number of nitrogens with zero attached hydrogens (tertiary/aromatic N) is 2. The van der Waals surface area contributed by atoms with Gasteiger partial charge in [-0.3, -0.25) is 9.79 Å². The minimum Gasteiger partial charge on any atom is -0.356 e. The van der Waals surface area contributed by atoms with E-state index in [-0.39, 0.29) is 36.4 Å². The van der Waals surface area contributed by atoms with E-state index in [9.17, 15) is 4.79 Å². The smallest absolute Gasteiger partial charge is 0.242 e. The summed E-state index contributed by atoms with van der Waals surface area (Å²) in [5.74, 6) is 0.701. The second kappa shape index (κ2) is 13.1. The van der Waals surface area contributed by atoms with Crippen molar-refractivity contribution in [3.05, 3.63) is 71.8 Å². The summed E-state index contributed by atoms with van der Waals surface area (Å²) in [6.45, 7) is 4.28. The number of aliphatic imine (C=N–C) groups is 1. The Morgan fingerprint density at radius 2 is 1.56 bits per heavy atom. The molecule has 0 atom stereocenters. The first-order chi connectivity index (χ1) is 12.7. The number of hydrogen-bond donors (Lipinski definition) is 2. The summed E-state index contributed by atoms with van der Waals surface area (Å²) in [7, 11) is 1.71. The number of carbonyl (C=O) groups is 1. The molecule has 2 N–H and O–H groups in total. The van der Waals surface area contributed by atoms with Crippen LogP contribution in [0, 0.1) is 0 Å². The molecule has 0 aliphatic rings. The van der Waals surface area contributed by atoms with Gasteiger partial charge in [-0.05, 0) is 24.5 Å². The van der Waals surface area contributed by atoms with E-state index in [2.05, 4.69) is 27.8 Å². The molecule has 0 aliphatic heterocycles. The van der Waals surface area contributed by atoms with Gasteiger partial charge in [0.1, 0.15) is 0 Å². The van der Waals surface area contributed by atoms with E-state index >= 15 is 0 Å². The van der Waals surface area contributed by atoms with Gasteiger partial charge >= 0.3 is 0 Å². The highest BCUT2D eigenvalue weighted by Gasteiger charge is 2.12. The van der Waals surface area contributed by atoms with Crippen LogP contribution in [0.4, 0.5) is 0 Å². The molecule has 6 heteroatoms. The van der Waals surface area contributed by atoms with Gasteiger partial charge in [0.15, 0.2) is 5.96 Å². The van der Waals surface area contributed by atoms with Gasteiger partial charge in [-0.2, -0.15) is 0 Å². The Morgan fingerprint density at radius 3 is 2.11 bits per heavy atom. The second-order valence-electron chi connectivity index (χ2n) is 5.98. The van der Waals surface area contributed by atoms with Crippen molar-refractivity contribution in [2.24, 2.45) is 4.99 Å². The third-order valence-electron chi connectivity index (χ3n) is 4.13. The largest absolute Gasteiger partial charge is 0.356 e. The lowest BCUT2D eigenvalue weighted by Crippen LogP contribution is -2.44. The lowest BCUT2D eigenvalue weighted by atomic mass is 10.1. The zero-order chi connectivity index (χ0) is 18.6. The first-order valence-electron chi connectivity index (χ1n) is 9.03. The summed E-state index contributed by atoms with van der Waals surface area (Å²) in [5.41, 5.74) is 2.40. The third-order valence-corrected chi connectivity index (χ3v) is 4.13. The number of benzene rings is 2. The molecule has 0 aliphatic carbocycles. The average molecular weight is 480 g/mol. The Hall–Kier alpha value is -2.09. The van der Waals surface area contributed by atoms with E-state index in [0.29, 0.717) is 19.0 Å². The molecule has 146 valence electrons. The fraction of sp³-hybridized carbons (Fsp3) is 0.333. The molecule has 0 spiro atoms. The number of halogens is 1. The molecule has 0 saturated heterocycles. The number of nitrogens with one attached hydrogen (secondary N) is 2. The summed E-state index contributed by atoms with van der Waals surface area (Å²) in [6.07, 6.45) is 0.907. The SMILES string of the molecule is CCN(Cc1ccccc1)C(=O)CNC(=NC)NCCc1ccccc1.I. The number of carbonyl (C=O) groups excluding carboxylic acids is 1. The van der Waals surface area contributed by atoms with Crippen LogP contribution in [0.5, 0.6) is 0 Å². The molecule has 0 saturated carbocycles. The highest BCUT2D eigenvalue weighted by atomic mass is 127. The molecule has 1 amide bonds. The van der Waals surface area contributed by atoms with Crippen molar-refractivity contribution in [3.63, 3.8) is 0 Å². The molecule has 2 aromatic carbocycles. The minimum atomic E-state index is 0. The van der Waals surface area contributed by atoms with Crippen molar-refractivity contribution >= 4 is 35.8 Å². The van der Waals surface area contributed by atoms with Gasteiger partial charge in [0, 0.05) is 26.7 Å². The molecule has 0 aromatic heterocycles. The molecule has 0 unspecified atom stereocenters. The Labute approximate surface area is 179 Å². The van der Waals surface area contributed by atoms with Gasteiger partial charge in [-0.1, -0.05) is 60.7 Å².